The zero-order valence-corrected chi connectivity index (χ0v) is 31.6. The SMILES string of the molecule is CCOP(=O)(C[C@H]1OC(COCc2ccccc2)[C@@H](OCc2ccccc2)C(OCc2ccccc2)C1O[Si](C)(C)C(C)(C)C)OCC. The summed E-state index contributed by atoms with van der Waals surface area (Å²) in [5.74, 6) is 0. The standard InChI is InChI=1S/C38H55O8PSi/c1-8-43-47(39,44-9-2)29-34-36(46-48(6,7)38(3,4)5)37(42-27-32-23-17-12-18-24-32)35(41-26-31-21-15-11-16-22-31)33(45-34)28-40-25-30-19-13-10-14-20-30/h10-24,33-37H,8-9,25-29H2,1-7H3/t33?,34-,35-,36?,37?/m1/s1. The van der Waals surface area contributed by atoms with Crippen LogP contribution in [0.3, 0.4) is 0 Å². The molecule has 264 valence electrons. The molecular weight excluding hydrogens is 643 g/mol. The molecule has 1 aliphatic heterocycles. The molecule has 4 rings (SSSR count). The maximum absolute atomic E-state index is 14.1. The monoisotopic (exact) mass is 698 g/mol. The Labute approximate surface area is 289 Å². The highest BCUT2D eigenvalue weighted by atomic mass is 31.2. The van der Waals surface area contributed by atoms with Crippen LogP contribution in [0, 0.1) is 0 Å². The van der Waals surface area contributed by atoms with Gasteiger partial charge in [0.05, 0.1) is 51.9 Å². The highest BCUT2D eigenvalue weighted by Gasteiger charge is 2.53. The molecule has 1 heterocycles. The van der Waals surface area contributed by atoms with Crippen molar-refractivity contribution in [3.05, 3.63) is 108 Å². The van der Waals surface area contributed by atoms with Crippen molar-refractivity contribution in [3.63, 3.8) is 0 Å². The van der Waals surface area contributed by atoms with Crippen LogP contribution in [-0.2, 0) is 56.8 Å². The fourth-order valence-corrected chi connectivity index (χ4v) is 8.61. The van der Waals surface area contributed by atoms with E-state index in [-0.39, 0.29) is 31.0 Å². The quantitative estimate of drug-likeness (QED) is 0.0964. The Kier molecular flexibility index (Phi) is 14.6. The molecular formula is C38H55O8PSi. The van der Waals surface area contributed by atoms with Gasteiger partial charge < -0.3 is 32.4 Å². The first kappa shape index (κ1) is 38.6. The molecule has 0 saturated carbocycles. The Hall–Kier alpha value is -2.17. The van der Waals surface area contributed by atoms with E-state index in [1.54, 1.807) is 0 Å². The number of benzene rings is 3. The Balaban J connectivity index is 1.75. The van der Waals surface area contributed by atoms with Gasteiger partial charge in [-0.3, -0.25) is 4.57 Å². The van der Waals surface area contributed by atoms with Gasteiger partial charge in [0.1, 0.15) is 24.4 Å². The van der Waals surface area contributed by atoms with Crippen molar-refractivity contribution in [1.29, 1.82) is 0 Å². The lowest BCUT2D eigenvalue weighted by molar-refractivity contribution is -0.253. The minimum Gasteiger partial charge on any atom is -0.408 e. The van der Waals surface area contributed by atoms with E-state index in [1.807, 2.05) is 105 Å². The number of ether oxygens (including phenoxy) is 4. The smallest absolute Gasteiger partial charge is 0.333 e. The van der Waals surface area contributed by atoms with E-state index < -0.39 is 46.4 Å². The maximum Gasteiger partial charge on any atom is 0.333 e. The Morgan fingerprint density at radius 2 is 1.12 bits per heavy atom. The van der Waals surface area contributed by atoms with E-state index >= 15 is 0 Å². The van der Waals surface area contributed by atoms with Gasteiger partial charge in [0.25, 0.3) is 0 Å². The molecule has 0 radical (unpaired) electrons. The third kappa shape index (κ3) is 11.2. The van der Waals surface area contributed by atoms with Crippen LogP contribution in [-0.4, -0.2) is 64.8 Å². The number of hydrogen-bond acceptors (Lipinski definition) is 8. The number of hydrogen-bond donors (Lipinski definition) is 0. The molecule has 0 bridgehead atoms. The lowest BCUT2D eigenvalue weighted by Crippen LogP contribution is -2.64. The van der Waals surface area contributed by atoms with Gasteiger partial charge in [-0.05, 0) is 48.7 Å². The Morgan fingerprint density at radius 1 is 0.667 bits per heavy atom. The van der Waals surface area contributed by atoms with E-state index in [1.165, 1.54) is 0 Å². The summed E-state index contributed by atoms with van der Waals surface area (Å²) >= 11 is 0. The molecule has 5 atom stereocenters. The predicted octanol–water partition coefficient (Wildman–Crippen LogP) is 8.80. The largest absolute Gasteiger partial charge is 0.408 e. The normalized spacial score (nSPS) is 22.1. The van der Waals surface area contributed by atoms with Crippen LogP contribution >= 0.6 is 7.60 Å². The minimum atomic E-state index is -3.54. The van der Waals surface area contributed by atoms with Gasteiger partial charge in [-0.25, -0.2) is 0 Å². The summed E-state index contributed by atoms with van der Waals surface area (Å²) in [6.45, 7) is 16.5. The van der Waals surface area contributed by atoms with Gasteiger partial charge in [0.15, 0.2) is 8.32 Å². The van der Waals surface area contributed by atoms with Crippen molar-refractivity contribution in [1.82, 2.24) is 0 Å². The Morgan fingerprint density at radius 3 is 1.58 bits per heavy atom. The zero-order valence-electron chi connectivity index (χ0n) is 29.7. The molecule has 3 unspecified atom stereocenters. The summed E-state index contributed by atoms with van der Waals surface area (Å²) in [6.07, 6.45) is -2.97. The first-order chi connectivity index (χ1) is 22.9. The third-order valence-electron chi connectivity index (χ3n) is 8.99. The molecule has 0 aromatic heterocycles. The highest BCUT2D eigenvalue weighted by molar-refractivity contribution is 7.53. The summed E-state index contributed by atoms with van der Waals surface area (Å²) in [5, 5.41) is -0.110. The van der Waals surface area contributed by atoms with Crippen molar-refractivity contribution in [3.8, 4) is 0 Å². The first-order valence-corrected chi connectivity index (χ1v) is 21.7. The average molecular weight is 699 g/mol. The van der Waals surface area contributed by atoms with Crippen molar-refractivity contribution in [2.75, 3.05) is 26.0 Å². The summed E-state index contributed by atoms with van der Waals surface area (Å²) < 4.78 is 59.7. The van der Waals surface area contributed by atoms with Crippen LogP contribution in [0.5, 0.6) is 0 Å². The van der Waals surface area contributed by atoms with E-state index in [4.69, 9.17) is 32.4 Å². The molecule has 10 heteroatoms. The predicted molar refractivity (Wildman–Crippen MR) is 193 cm³/mol. The average Bonchev–Trinajstić information content (AvgIpc) is 3.05. The molecule has 0 aliphatic carbocycles. The summed E-state index contributed by atoms with van der Waals surface area (Å²) in [7, 11) is -5.97. The maximum atomic E-state index is 14.1. The Bertz CT molecular complexity index is 1380. The molecule has 8 nitrogen and oxygen atoms in total. The van der Waals surface area contributed by atoms with Crippen LogP contribution in [0.15, 0.2) is 91.0 Å². The van der Waals surface area contributed by atoms with Crippen LogP contribution in [0.25, 0.3) is 0 Å². The second-order valence-electron chi connectivity index (χ2n) is 13.7. The lowest BCUT2D eigenvalue weighted by Gasteiger charge is -2.50. The fraction of sp³-hybridized carbons (Fsp3) is 0.526. The van der Waals surface area contributed by atoms with E-state index in [0.717, 1.165) is 16.7 Å². The molecule has 1 fully saturated rings. The lowest BCUT2D eigenvalue weighted by atomic mass is 9.95. The van der Waals surface area contributed by atoms with Crippen molar-refractivity contribution in [2.45, 2.75) is 103 Å². The molecule has 0 N–H and O–H groups in total. The first-order valence-electron chi connectivity index (χ1n) is 17.1. The fourth-order valence-electron chi connectivity index (χ4n) is 5.48. The molecule has 1 aliphatic rings. The highest BCUT2D eigenvalue weighted by Crippen LogP contribution is 2.51. The van der Waals surface area contributed by atoms with Gasteiger partial charge in [0.2, 0.25) is 0 Å². The van der Waals surface area contributed by atoms with Gasteiger partial charge >= 0.3 is 7.60 Å². The number of rotatable bonds is 18. The summed E-state index contributed by atoms with van der Waals surface area (Å²) in [5.41, 5.74) is 3.11. The second-order valence-corrected chi connectivity index (χ2v) is 20.6. The third-order valence-corrected chi connectivity index (χ3v) is 15.6. The van der Waals surface area contributed by atoms with Gasteiger partial charge in [0, 0.05) is 0 Å². The summed E-state index contributed by atoms with van der Waals surface area (Å²) in [4.78, 5) is 0. The molecule has 3 aromatic rings. The van der Waals surface area contributed by atoms with Crippen molar-refractivity contribution in [2.24, 2.45) is 0 Å². The van der Waals surface area contributed by atoms with Crippen molar-refractivity contribution >= 4 is 15.9 Å². The van der Waals surface area contributed by atoms with Gasteiger partial charge in [-0.2, -0.15) is 0 Å². The van der Waals surface area contributed by atoms with Gasteiger partial charge in [-0.1, -0.05) is 112 Å². The van der Waals surface area contributed by atoms with E-state index in [2.05, 4.69) is 33.9 Å². The zero-order chi connectivity index (χ0) is 34.6. The van der Waals surface area contributed by atoms with E-state index in [9.17, 15) is 4.57 Å². The molecule has 48 heavy (non-hydrogen) atoms. The van der Waals surface area contributed by atoms with Gasteiger partial charge in [-0.15, -0.1) is 0 Å². The van der Waals surface area contributed by atoms with Crippen LogP contribution in [0.2, 0.25) is 18.1 Å². The van der Waals surface area contributed by atoms with Crippen LogP contribution in [0.1, 0.15) is 51.3 Å². The molecule has 0 amide bonds. The van der Waals surface area contributed by atoms with E-state index in [0.29, 0.717) is 19.8 Å². The van der Waals surface area contributed by atoms with Crippen LogP contribution in [0.4, 0.5) is 0 Å². The van der Waals surface area contributed by atoms with Crippen LogP contribution < -0.4 is 0 Å². The molecule has 1 saturated heterocycles. The minimum absolute atomic E-state index is 0.0136. The molecule has 0 spiro atoms. The molecule has 3 aromatic carbocycles. The second kappa shape index (κ2) is 18.2. The topological polar surface area (TPSA) is 81.7 Å². The summed E-state index contributed by atoms with van der Waals surface area (Å²) in [6, 6.07) is 30.2. The van der Waals surface area contributed by atoms with Crippen molar-refractivity contribution < 1.29 is 37.0 Å².